The Morgan fingerprint density at radius 2 is 1.93 bits per heavy atom. The average molecular weight is 425 g/mol. The number of benzene rings is 2. The fourth-order valence-corrected chi connectivity index (χ4v) is 3.85. The van der Waals surface area contributed by atoms with Gasteiger partial charge >= 0.3 is 0 Å². The smallest absolute Gasteiger partial charge is 0.263 e. The minimum absolute atomic E-state index is 0.191. The zero-order chi connectivity index (χ0) is 21.3. The first kappa shape index (κ1) is 19.9. The lowest BCUT2D eigenvalue weighted by atomic mass is 10.1. The monoisotopic (exact) mass is 425 g/mol. The zero-order valence-corrected chi connectivity index (χ0v) is 17.1. The van der Waals surface area contributed by atoms with Crippen LogP contribution in [0.1, 0.15) is 0 Å². The molecule has 1 saturated heterocycles. The van der Waals surface area contributed by atoms with Gasteiger partial charge in [0.05, 0.1) is 12.8 Å². The van der Waals surface area contributed by atoms with Gasteiger partial charge in [0.1, 0.15) is 12.3 Å². The Labute approximate surface area is 177 Å². The Morgan fingerprint density at radius 3 is 2.63 bits per heavy atom. The quantitative estimate of drug-likeness (QED) is 0.563. The molecule has 154 valence electrons. The van der Waals surface area contributed by atoms with Crippen LogP contribution in [0.2, 0.25) is 0 Å². The number of hydrogen-bond donors (Lipinski definition) is 1. The van der Waals surface area contributed by atoms with E-state index in [0.717, 1.165) is 9.80 Å². The van der Waals surface area contributed by atoms with Gasteiger partial charge in [-0.25, -0.2) is 4.90 Å². The third kappa shape index (κ3) is 3.61. The number of methoxy groups -OCH3 is 1. The van der Waals surface area contributed by atoms with Gasteiger partial charge in [-0.15, -0.1) is 11.8 Å². The first-order valence-electron chi connectivity index (χ1n) is 9.15. The van der Waals surface area contributed by atoms with Gasteiger partial charge in [0.15, 0.2) is 12.1 Å². The van der Waals surface area contributed by atoms with Crippen LogP contribution in [0.4, 0.5) is 11.4 Å². The van der Waals surface area contributed by atoms with Gasteiger partial charge in [0, 0.05) is 10.6 Å². The van der Waals surface area contributed by atoms with Crippen molar-refractivity contribution < 1.29 is 19.1 Å². The number of fused-ring (bicyclic) bond motifs is 1. The van der Waals surface area contributed by atoms with E-state index in [2.05, 4.69) is 15.7 Å². The Balaban J connectivity index is 1.46. The summed E-state index contributed by atoms with van der Waals surface area (Å²) < 4.78 is 5.11. The summed E-state index contributed by atoms with van der Waals surface area (Å²) >= 11 is 1.57. The highest BCUT2D eigenvalue weighted by molar-refractivity contribution is 7.98. The highest BCUT2D eigenvalue weighted by Crippen LogP contribution is 2.32. The van der Waals surface area contributed by atoms with Crippen LogP contribution in [0, 0.1) is 0 Å². The molecule has 10 heteroatoms. The minimum atomic E-state index is -0.952. The molecule has 1 fully saturated rings. The lowest BCUT2D eigenvalue weighted by molar-refractivity contribution is -0.123. The number of ether oxygens (including phenoxy) is 1. The second-order valence-corrected chi connectivity index (χ2v) is 7.56. The Bertz CT molecular complexity index is 1030. The summed E-state index contributed by atoms with van der Waals surface area (Å²) in [6.45, 7) is -0.191. The number of carbonyl (C=O) groups is 3. The van der Waals surface area contributed by atoms with E-state index in [9.17, 15) is 14.4 Å². The van der Waals surface area contributed by atoms with Crippen molar-refractivity contribution in [3.05, 3.63) is 48.5 Å². The number of thioether (sulfide) groups is 1. The maximum absolute atomic E-state index is 13.0. The predicted octanol–water partition coefficient (Wildman–Crippen LogP) is 2.35. The van der Waals surface area contributed by atoms with E-state index in [1.54, 1.807) is 42.1 Å². The maximum atomic E-state index is 13.0. The number of imide groups is 1. The molecule has 0 radical (unpaired) electrons. The average Bonchev–Trinajstić information content (AvgIpc) is 3.27. The molecule has 0 aliphatic carbocycles. The topological polar surface area (TPSA) is 104 Å². The molecule has 2 atom stereocenters. The number of nitrogens with one attached hydrogen (secondary N) is 1. The maximum Gasteiger partial charge on any atom is 0.263 e. The van der Waals surface area contributed by atoms with Crippen LogP contribution in [-0.4, -0.2) is 54.7 Å². The summed E-state index contributed by atoms with van der Waals surface area (Å²) in [5.74, 6) is -0.663. The molecule has 0 aromatic heterocycles. The Morgan fingerprint density at radius 1 is 1.17 bits per heavy atom. The van der Waals surface area contributed by atoms with E-state index in [4.69, 9.17) is 4.74 Å². The molecule has 2 aliphatic rings. The van der Waals surface area contributed by atoms with Crippen molar-refractivity contribution in [1.29, 1.82) is 0 Å². The third-order valence-corrected chi connectivity index (χ3v) is 5.57. The van der Waals surface area contributed by atoms with Gasteiger partial charge < -0.3 is 10.1 Å². The van der Waals surface area contributed by atoms with E-state index in [0.29, 0.717) is 17.1 Å². The second kappa shape index (κ2) is 8.15. The fourth-order valence-electron chi connectivity index (χ4n) is 3.39. The lowest BCUT2D eigenvalue weighted by Crippen LogP contribution is -2.43. The molecular weight excluding hydrogens is 406 g/mol. The van der Waals surface area contributed by atoms with Crippen LogP contribution in [0.5, 0.6) is 5.75 Å². The molecule has 2 heterocycles. The van der Waals surface area contributed by atoms with E-state index in [-0.39, 0.29) is 12.5 Å². The van der Waals surface area contributed by atoms with Gasteiger partial charge in [0.2, 0.25) is 5.91 Å². The number of carbonyl (C=O) groups excluding carboxylic acids is 3. The van der Waals surface area contributed by atoms with E-state index in [1.165, 1.54) is 12.1 Å². The molecule has 0 saturated carbocycles. The summed E-state index contributed by atoms with van der Waals surface area (Å²) in [5, 5.41) is 11.9. The molecule has 4 rings (SSSR count). The van der Waals surface area contributed by atoms with Crippen LogP contribution in [-0.2, 0) is 14.4 Å². The molecule has 0 bridgehead atoms. The number of anilines is 2. The van der Waals surface area contributed by atoms with Crippen LogP contribution in [0.25, 0.3) is 0 Å². The summed E-state index contributed by atoms with van der Waals surface area (Å²) in [4.78, 5) is 40.3. The van der Waals surface area contributed by atoms with Crippen molar-refractivity contribution in [3.63, 3.8) is 0 Å². The summed E-state index contributed by atoms with van der Waals surface area (Å²) in [6.07, 6.45) is 1.95. The fraction of sp³-hybridized carbons (Fsp3) is 0.250. The number of nitrogens with zero attached hydrogens (tertiary/aromatic N) is 4. The van der Waals surface area contributed by atoms with Crippen LogP contribution in [0.3, 0.4) is 0 Å². The van der Waals surface area contributed by atoms with E-state index < -0.39 is 23.9 Å². The third-order valence-electron chi connectivity index (χ3n) is 4.85. The normalized spacial score (nSPS) is 19.9. The minimum Gasteiger partial charge on any atom is -0.497 e. The number of amides is 3. The molecule has 2 aromatic rings. The van der Waals surface area contributed by atoms with Crippen LogP contribution in [0.15, 0.2) is 63.8 Å². The number of rotatable bonds is 6. The first-order chi connectivity index (χ1) is 14.5. The largest absolute Gasteiger partial charge is 0.497 e. The van der Waals surface area contributed by atoms with Gasteiger partial charge in [0.25, 0.3) is 11.8 Å². The van der Waals surface area contributed by atoms with Crippen LogP contribution < -0.4 is 15.0 Å². The van der Waals surface area contributed by atoms with Crippen molar-refractivity contribution in [3.8, 4) is 5.75 Å². The molecule has 30 heavy (non-hydrogen) atoms. The highest BCUT2D eigenvalue weighted by atomic mass is 32.2. The van der Waals surface area contributed by atoms with Crippen molar-refractivity contribution in [2.75, 3.05) is 30.1 Å². The van der Waals surface area contributed by atoms with Crippen molar-refractivity contribution in [1.82, 2.24) is 5.01 Å². The van der Waals surface area contributed by atoms with Gasteiger partial charge in [-0.3, -0.25) is 19.4 Å². The molecule has 9 nitrogen and oxygen atoms in total. The molecule has 2 aromatic carbocycles. The number of hydrogen-bond acceptors (Lipinski definition) is 8. The van der Waals surface area contributed by atoms with Gasteiger partial charge in [-0.2, -0.15) is 5.11 Å². The first-order valence-corrected chi connectivity index (χ1v) is 10.4. The Hall–Kier alpha value is -3.40. The van der Waals surface area contributed by atoms with Crippen molar-refractivity contribution in [2.24, 2.45) is 10.3 Å². The summed E-state index contributed by atoms with van der Waals surface area (Å²) in [7, 11) is 1.53. The molecule has 2 aliphatic heterocycles. The molecule has 0 unspecified atom stereocenters. The van der Waals surface area contributed by atoms with Gasteiger partial charge in [-0.05, 0) is 48.7 Å². The van der Waals surface area contributed by atoms with E-state index in [1.807, 2.05) is 24.5 Å². The van der Waals surface area contributed by atoms with Crippen LogP contribution >= 0.6 is 11.8 Å². The molecule has 3 amide bonds. The molecular formula is C20H19N5O4S. The summed E-state index contributed by atoms with van der Waals surface area (Å²) in [5.41, 5.74) is 1.07. The predicted molar refractivity (Wildman–Crippen MR) is 111 cm³/mol. The molecule has 0 spiro atoms. The van der Waals surface area contributed by atoms with E-state index >= 15 is 0 Å². The second-order valence-electron chi connectivity index (χ2n) is 6.68. The SMILES string of the molecule is COc1ccc(N2C(=O)[C@@H]3[C@@H](N=NN3CC(=O)Nc3cccc(SC)c3)C2=O)cc1. The summed E-state index contributed by atoms with van der Waals surface area (Å²) in [6, 6.07) is 12.1. The standard InChI is InChI=1S/C20H19N5O4S/c1-29-14-8-6-13(7-9-14)25-19(27)17-18(20(25)28)24(23-22-17)11-16(26)21-12-4-3-5-15(10-12)30-2/h3-10,17-18H,11H2,1-2H3,(H,21,26)/t17-,18+/m1/s1. The zero-order valence-electron chi connectivity index (χ0n) is 16.3. The van der Waals surface area contributed by atoms with Gasteiger partial charge in [-0.1, -0.05) is 11.3 Å². The molecule has 1 N–H and O–H groups in total. The van der Waals surface area contributed by atoms with Crippen molar-refractivity contribution >= 4 is 40.9 Å². The highest BCUT2D eigenvalue weighted by Gasteiger charge is 2.55. The lowest BCUT2D eigenvalue weighted by Gasteiger charge is -2.20. The van der Waals surface area contributed by atoms with Crippen molar-refractivity contribution in [2.45, 2.75) is 17.0 Å². The Kier molecular flexibility index (Phi) is 5.40.